The SMILES string of the molecule is CCCNC(CCc1cnccc1C)c1ccccc1. The van der Waals surface area contributed by atoms with E-state index < -0.39 is 0 Å². The van der Waals surface area contributed by atoms with Gasteiger partial charge in [0, 0.05) is 18.4 Å². The Balaban J connectivity index is 2.03. The Bertz CT molecular complexity index is 508. The van der Waals surface area contributed by atoms with E-state index in [0.29, 0.717) is 6.04 Å². The van der Waals surface area contributed by atoms with Crippen LogP contribution in [0.25, 0.3) is 0 Å². The lowest BCUT2D eigenvalue weighted by Gasteiger charge is -2.19. The summed E-state index contributed by atoms with van der Waals surface area (Å²) in [6.07, 6.45) is 7.20. The van der Waals surface area contributed by atoms with Gasteiger partial charge in [0.1, 0.15) is 0 Å². The molecule has 0 fully saturated rings. The largest absolute Gasteiger partial charge is 0.310 e. The second kappa shape index (κ2) is 7.81. The van der Waals surface area contributed by atoms with Crippen LogP contribution in [0.3, 0.4) is 0 Å². The number of nitrogens with one attached hydrogen (secondary N) is 1. The molecule has 0 aliphatic rings. The lowest BCUT2D eigenvalue weighted by Crippen LogP contribution is -2.22. The molecule has 2 heteroatoms. The van der Waals surface area contributed by atoms with E-state index >= 15 is 0 Å². The first-order chi connectivity index (χ1) is 9.81. The first kappa shape index (κ1) is 14.7. The summed E-state index contributed by atoms with van der Waals surface area (Å²) in [4.78, 5) is 4.24. The summed E-state index contributed by atoms with van der Waals surface area (Å²) in [5.74, 6) is 0. The Morgan fingerprint density at radius 3 is 2.65 bits per heavy atom. The second-order valence-electron chi connectivity index (χ2n) is 5.26. The van der Waals surface area contributed by atoms with Gasteiger partial charge in [-0.1, -0.05) is 37.3 Å². The monoisotopic (exact) mass is 268 g/mol. The third-order valence-corrected chi connectivity index (χ3v) is 3.69. The lowest BCUT2D eigenvalue weighted by molar-refractivity contribution is 0.498. The van der Waals surface area contributed by atoms with Crippen molar-refractivity contribution in [3.05, 3.63) is 65.5 Å². The van der Waals surface area contributed by atoms with Gasteiger partial charge >= 0.3 is 0 Å². The van der Waals surface area contributed by atoms with E-state index in [2.05, 4.69) is 60.5 Å². The summed E-state index contributed by atoms with van der Waals surface area (Å²) in [5.41, 5.74) is 4.07. The topological polar surface area (TPSA) is 24.9 Å². The Kier molecular flexibility index (Phi) is 5.75. The molecule has 1 aromatic heterocycles. The number of hydrogen-bond acceptors (Lipinski definition) is 2. The lowest BCUT2D eigenvalue weighted by atomic mass is 9.98. The smallest absolute Gasteiger partial charge is 0.0323 e. The van der Waals surface area contributed by atoms with Crippen LogP contribution in [-0.2, 0) is 6.42 Å². The van der Waals surface area contributed by atoms with Gasteiger partial charge in [0.05, 0.1) is 0 Å². The minimum atomic E-state index is 0.427. The second-order valence-corrected chi connectivity index (χ2v) is 5.26. The first-order valence-electron chi connectivity index (χ1n) is 7.49. The van der Waals surface area contributed by atoms with E-state index in [1.807, 2.05) is 12.4 Å². The number of benzene rings is 1. The van der Waals surface area contributed by atoms with Crippen molar-refractivity contribution >= 4 is 0 Å². The van der Waals surface area contributed by atoms with E-state index in [9.17, 15) is 0 Å². The van der Waals surface area contributed by atoms with Crippen LogP contribution in [0.1, 0.15) is 42.5 Å². The van der Waals surface area contributed by atoms with Crippen LogP contribution in [0.15, 0.2) is 48.8 Å². The molecule has 1 aromatic carbocycles. The third-order valence-electron chi connectivity index (χ3n) is 3.69. The normalized spacial score (nSPS) is 12.3. The summed E-state index contributed by atoms with van der Waals surface area (Å²) in [7, 11) is 0. The fourth-order valence-electron chi connectivity index (χ4n) is 2.45. The molecule has 1 unspecified atom stereocenters. The summed E-state index contributed by atoms with van der Waals surface area (Å²) in [5, 5.41) is 3.66. The standard InChI is InChI=1S/C18H24N2/c1-3-12-20-18(16-7-5-4-6-8-16)10-9-17-14-19-13-11-15(17)2/h4-8,11,13-14,18,20H,3,9-10,12H2,1-2H3. The van der Waals surface area contributed by atoms with E-state index in [1.165, 1.54) is 16.7 Å². The zero-order valence-electron chi connectivity index (χ0n) is 12.5. The molecule has 0 saturated carbocycles. The van der Waals surface area contributed by atoms with Crippen LogP contribution < -0.4 is 5.32 Å². The Morgan fingerprint density at radius 1 is 1.15 bits per heavy atom. The molecule has 0 bridgehead atoms. The van der Waals surface area contributed by atoms with Gasteiger partial charge in [-0.25, -0.2) is 0 Å². The van der Waals surface area contributed by atoms with Crippen LogP contribution in [0.2, 0.25) is 0 Å². The highest BCUT2D eigenvalue weighted by atomic mass is 14.9. The van der Waals surface area contributed by atoms with E-state index in [4.69, 9.17) is 0 Å². The fraction of sp³-hybridized carbons (Fsp3) is 0.389. The third kappa shape index (κ3) is 4.17. The fourth-order valence-corrected chi connectivity index (χ4v) is 2.45. The van der Waals surface area contributed by atoms with Gasteiger partial charge in [0.15, 0.2) is 0 Å². The molecule has 0 saturated heterocycles. The quantitative estimate of drug-likeness (QED) is 0.819. The molecule has 0 spiro atoms. The molecule has 20 heavy (non-hydrogen) atoms. The molecule has 0 radical (unpaired) electrons. The predicted molar refractivity (Wildman–Crippen MR) is 84.8 cm³/mol. The number of aryl methyl sites for hydroxylation is 2. The molecule has 0 aliphatic carbocycles. The summed E-state index contributed by atoms with van der Waals surface area (Å²) in [6, 6.07) is 13.2. The molecule has 2 rings (SSSR count). The van der Waals surface area contributed by atoms with Crippen molar-refractivity contribution < 1.29 is 0 Å². The van der Waals surface area contributed by atoms with E-state index in [1.54, 1.807) is 0 Å². The summed E-state index contributed by atoms with van der Waals surface area (Å²) in [6.45, 7) is 5.43. The number of pyridine rings is 1. The number of aromatic nitrogens is 1. The molecular formula is C18H24N2. The molecule has 1 heterocycles. The maximum Gasteiger partial charge on any atom is 0.0323 e. The molecule has 1 atom stereocenters. The molecule has 106 valence electrons. The van der Waals surface area contributed by atoms with Crippen molar-refractivity contribution in [1.29, 1.82) is 0 Å². The number of rotatable bonds is 7. The van der Waals surface area contributed by atoms with Gasteiger partial charge in [-0.2, -0.15) is 0 Å². The zero-order valence-corrected chi connectivity index (χ0v) is 12.5. The van der Waals surface area contributed by atoms with E-state index in [-0.39, 0.29) is 0 Å². The van der Waals surface area contributed by atoms with Crippen LogP contribution in [0.4, 0.5) is 0 Å². The van der Waals surface area contributed by atoms with Gasteiger partial charge in [-0.05, 0) is 55.5 Å². The van der Waals surface area contributed by atoms with Gasteiger partial charge in [0.2, 0.25) is 0 Å². The zero-order chi connectivity index (χ0) is 14.2. The predicted octanol–water partition coefficient (Wildman–Crippen LogP) is 4.06. The molecule has 0 aliphatic heterocycles. The average Bonchev–Trinajstić information content (AvgIpc) is 2.50. The summed E-state index contributed by atoms with van der Waals surface area (Å²) < 4.78 is 0. The Labute approximate surface area is 122 Å². The van der Waals surface area contributed by atoms with Crippen LogP contribution in [0, 0.1) is 6.92 Å². The highest BCUT2D eigenvalue weighted by Gasteiger charge is 2.11. The Morgan fingerprint density at radius 2 is 1.95 bits per heavy atom. The van der Waals surface area contributed by atoms with Crippen LogP contribution in [-0.4, -0.2) is 11.5 Å². The van der Waals surface area contributed by atoms with Crippen molar-refractivity contribution in [3.8, 4) is 0 Å². The highest BCUT2D eigenvalue weighted by Crippen LogP contribution is 2.20. The van der Waals surface area contributed by atoms with Crippen molar-refractivity contribution in [2.45, 2.75) is 39.2 Å². The highest BCUT2D eigenvalue weighted by molar-refractivity contribution is 5.23. The molecule has 1 N–H and O–H groups in total. The Hall–Kier alpha value is -1.67. The minimum absolute atomic E-state index is 0.427. The number of hydrogen-bond donors (Lipinski definition) is 1. The van der Waals surface area contributed by atoms with Crippen molar-refractivity contribution in [2.75, 3.05) is 6.54 Å². The van der Waals surface area contributed by atoms with Crippen LogP contribution >= 0.6 is 0 Å². The van der Waals surface area contributed by atoms with Crippen molar-refractivity contribution in [2.24, 2.45) is 0 Å². The van der Waals surface area contributed by atoms with Gasteiger partial charge in [0.25, 0.3) is 0 Å². The maximum atomic E-state index is 4.24. The van der Waals surface area contributed by atoms with Crippen molar-refractivity contribution in [3.63, 3.8) is 0 Å². The minimum Gasteiger partial charge on any atom is -0.310 e. The van der Waals surface area contributed by atoms with Gasteiger partial charge in [-0.15, -0.1) is 0 Å². The van der Waals surface area contributed by atoms with Crippen molar-refractivity contribution in [1.82, 2.24) is 10.3 Å². The average molecular weight is 268 g/mol. The number of nitrogens with zero attached hydrogens (tertiary/aromatic N) is 1. The van der Waals surface area contributed by atoms with Gasteiger partial charge < -0.3 is 5.32 Å². The summed E-state index contributed by atoms with van der Waals surface area (Å²) >= 11 is 0. The molecule has 0 amide bonds. The van der Waals surface area contributed by atoms with E-state index in [0.717, 1.165) is 25.8 Å². The molecule has 2 aromatic rings. The first-order valence-corrected chi connectivity index (χ1v) is 7.49. The maximum absolute atomic E-state index is 4.24. The molecule has 2 nitrogen and oxygen atoms in total. The van der Waals surface area contributed by atoms with Gasteiger partial charge in [-0.3, -0.25) is 4.98 Å². The van der Waals surface area contributed by atoms with Crippen LogP contribution in [0.5, 0.6) is 0 Å². The molecular weight excluding hydrogens is 244 g/mol.